The standard InChI is InChI=1S/C27H27Cl2N5O5S/c1-27(10-11-27)39-26-23-25(30-16-31-26)34(15-17-5-3-6-18(28)13-17)24(32-23)20-9-8-19(14-21(20)29)38-12-4-7-22(35)33-40(2,36)37/h3,5-6,8-9,13-14,16H,4,7,10-12,15H2,1-2H3,(H,33,35). The highest BCUT2D eigenvalue weighted by Gasteiger charge is 2.41. The van der Waals surface area contributed by atoms with E-state index in [1.165, 1.54) is 6.33 Å². The summed E-state index contributed by atoms with van der Waals surface area (Å²) in [5.41, 5.74) is 2.51. The fourth-order valence-electron chi connectivity index (χ4n) is 4.12. The van der Waals surface area contributed by atoms with Crippen LogP contribution in [0.25, 0.3) is 22.6 Å². The van der Waals surface area contributed by atoms with Crippen molar-refractivity contribution in [1.29, 1.82) is 0 Å². The summed E-state index contributed by atoms with van der Waals surface area (Å²) in [5, 5.41) is 1.02. The number of amides is 1. The van der Waals surface area contributed by atoms with Gasteiger partial charge >= 0.3 is 0 Å². The highest BCUT2D eigenvalue weighted by atomic mass is 35.5. The number of ether oxygens (including phenoxy) is 2. The first kappa shape index (κ1) is 28.1. The monoisotopic (exact) mass is 603 g/mol. The second-order valence-corrected chi connectivity index (χ2v) is 12.5. The molecule has 1 aliphatic carbocycles. The van der Waals surface area contributed by atoms with Crippen molar-refractivity contribution >= 4 is 50.3 Å². The van der Waals surface area contributed by atoms with E-state index in [1.807, 2.05) is 40.5 Å². The molecule has 1 amide bonds. The van der Waals surface area contributed by atoms with Crippen LogP contribution in [-0.4, -0.2) is 52.3 Å². The molecule has 40 heavy (non-hydrogen) atoms. The third-order valence-corrected chi connectivity index (χ3v) is 7.47. The van der Waals surface area contributed by atoms with E-state index in [-0.39, 0.29) is 18.6 Å². The second-order valence-electron chi connectivity index (χ2n) is 9.95. The van der Waals surface area contributed by atoms with Gasteiger partial charge in [-0.15, -0.1) is 0 Å². The Kier molecular flexibility index (Phi) is 7.89. The van der Waals surface area contributed by atoms with E-state index in [9.17, 15) is 13.2 Å². The number of carbonyl (C=O) groups is 1. The number of imidazole rings is 1. The quantitative estimate of drug-likeness (QED) is 0.237. The van der Waals surface area contributed by atoms with Gasteiger partial charge in [-0.25, -0.2) is 18.4 Å². The molecule has 2 heterocycles. The molecule has 0 unspecified atom stereocenters. The van der Waals surface area contributed by atoms with Gasteiger partial charge in [-0.1, -0.05) is 35.3 Å². The van der Waals surface area contributed by atoms with Gasteiger partial charge in [0, 0.05) is 17.0 Å². The molecule has 0 aliphatic heterocycles. The molecule has 10 nitrogen and oxygen atoms in total. The Morgan fingerprint density at radius 1 is 1.15 bits per heavy atom. The summed E-state index contributed by atoms with van der Waals surface area (Å²) in [7, 11) is -3.58. The number of nitrogens with zero attached hydrogens (tertiary/aromatic N) is 4. The third-order valence-electron chi connectivity index (χ3n) is 6.32. The summed E-state index contributed by atoms with van der Waals surface area (Å²) in [6.45, 7) is 2.68. The minimum absolute atomic E-state index is 0.0108. The van der Waals surface area contributed by atoms with Crippen molar-refractivity contribution in [2.75, 3.05) is 12.9 Å². The van der Waals surface area contributed by atoms with Gasteiger partial charge in [0.15, 0.2) is 11.2 Å². The fraction of sp³-hybridized carbons (Fsp3) is 0.333. The molecule has 13 heteroatoms. The lowest BCUT2D eigenvalue weighted by molar-refractivity contribution is -0.119. The zero-order valence-electron chi connectivity index (χ0n) is 21.9. The van der Waals surface area contributed by atoms with Crippen LogP contribution >= 0.6 is 23.2 Å². The number of carbonyl (C=O) groups excluding carboxylic acids is 1. The van der Waals surface area contributed by atoms with Crippen molar-refractivity contribution in [2.24, 2.45) is 0 Å². The normalized spacial score (nSPS) is 14.2. The number of rotatable bonds is 11. The fourth-order valence-corrected chi connectivity index (χ4v) is 5.11. The summed E-state index contributed by atoms with van der Waals surface area (Å²) in [5.74, 6) is 0.919. The summed E-state index contributed by atoms with van der Waals surface area (Å²) >= 11 is 13.0. The Morgan fingerprint density at radius 3 is 2.65 bits per heavy atom. The smallest absolute Gasteiger partial charge is 0.245 e. The van der Waals surface area contributed by atoms with Gasteiger partial charge in [0.05, 0.1) is 24.4 Å². The lowest BCUT2D eigenvalue weighted by Crippen LogP contribution is -2.29. The Hall–Kier alpha value is -3.41. The number of fused-ring (bicyclic) bond motifs is 1. The Balaban J connectivity index is 1.42. The lowest BCUT2D eigenvalue weighted by atomic mass is 10.2. The number of benzene rings is 2. The van der Waals surface area contributed by atoms with Gasteiger partial charge in [0.2, 0.25) is 21.8 Å². The van der Waals surface area contributed by atoms with E-state index in [0.29, 0.717) is 57.2 Å². The van der Waals surface area contributed by atoms with Crippen LogP contribution in [0.3, 0.4) is 0 Å². The Morgan fingerprint density at radius 2 is 1.95 bits per heavy atom. The third kappa shape index (κ3) is 6.83. The summed E-state index contributed by atoms with van der Waals surface area (Å²) in [6, 6.07) is 12.8. The molecule has 1 aliphatic rings. The predicted octanol–water partition coefficient (Wildman–Crippen LogP) is 5.01. The summed E-state index contributed by atoms with van der Waals surface area (Å²) < 4.78 is 38.1. The molecule has 2 aromatic heterocycles. The van der Waals surface area contributed by atoms with Gasteiger partial charge in [0.25, 0.3) is 0 Å². The number of hydrogen-bond acceptors (Lipinski definition) is 8. The van der Waals surface area contributed by atoms with Crippen molar-refractivity contribution in [3.05, 3.63) is 64.4 Å². The van der Waals surface area contributed by atoms with Gasteiger partial charge < -0.3 is 14.0 Å². The van der Waals surface area contributed by atoms with Crippen molar-refractivity contribution in [2.45, 2.75) is 44.8 Å². The van der Waals surface area contributed by atoms with Crippen LogP contribution in [0, 0.1) is 0 Å². The molecular formula is C27H27Cl2N5O5S. The minimum Gasteiger partial charge on any atom is -0.494 e. The Bertz CT molecular complexity index is 1690. The maximum absolute atomic E-state index is 11.7. The zero-order chi connectivity index (χ0) is 28.5. The van der Waals surface area contributed by atoms with Crippen LogP contribution in [0.5, 0.6) is 11.6 Å². The summed E-state index contributed by atoms with van der Waals surface area (Å²) in [4.78, 5) is 25.5. The van der Waals surface area contributed by atoms with Gasteiger partial charge in [-0.2, -0.15) is 4.98 Å². The van der Waals surface area contributed by atoms with Gasteiger partial charge in [-0.3, -0.25) is 9.52 Å². The predicted molar refractivity (Wildman–Crippen MR) is 152 cm³/mol. The zero-order valence-corrected chi connectivity index (χ0v) is 24.2. The second kappa shape index (κ2) is 11.2. The van der Waals surface area contributed by atoms with Crippen LogP contribution in [0.4, 0.5) is 0 Å². The van der Waals surface area contributed by atoms with Crippen LogP contribution in [0.2, 0.25) is 10.0 Å². The Labute approximate surface area is 241 Å². The molecule has 2 aromatic carbocycles. The van der Waals surface area contributed by atoms with Crippen molar-refractivity contribution in [1.82, 2.24) is 24.2 Å². The number of nitrogens with one attached hydrogen (secondary N) is 1. The van der Waals surface area contributed by atoms with Crippen molar-refractivity contribution < 1.29 is 22.7 Å². The molecule has 1 N–H and O–H groups in total. The van der Waals surface area contributed by atoms with Crippen LogP contribution < -0.4 is 14.2 Å². The van der Waals surface area contributed by atoms with E-state index in [4.69, 9.17) is 37.7 Å². The first-order valence-corrected chi connectivity index (χ1v) is 15.2. The topological polar surface area (TPSA) is 125 Å². The molecule has 5 rings (SSSR count). The maximum Gasteiger partial charge on any atom is 0.245 e. The molecule has 1 fully saturated rings. The summed E-state index contributed by atoms with van der Waals surface area (Å²) in [6.07, 6.45) is 4.64. The van der Waals surface area contributed by atoms with E-state index < -0.39 is 15.9 Å². The molecular weight excluding hydrogens is 577 g/mol. The highest BCUT2D eigenvalue weighted by Crippen LogP contribution is 2.41. The van der Waals surface area contributed by atoms with Crippen LogP contribution in [-0.2, 0) is 21.4 Å². The number of aromatic nitrogens is 4. The maximum atomic E-state index is 11.7. The van der Waals surface area contributed by atoms with E-state index in [1.54, 1.807) is 18.2 Å². The molecule has 0 spiro atoms. The largest absolute Gasteiger partial charge is 0.494 e. The number of halogens is 2. The molecule has 0 saturated heterocycles. The molecule has 1 saturated carbocycles. The van der Waals surface area contributed by atoms with Crippen molar-refractivity contribution in [3.8, 4) is 23.0 Å². The molecule has 4 aromatic rings. The number of hydrogen-bond donors (Lipinski definition) is 1. The minimum atomic E-state index is -3.58. The van der Waals surface area contributed by atoms with E-state index in [2.05, 4.69) is 9.97 Å². The van der Waals surface area contributed by atoms with Crippen LogP contribution in [0.15, 0.2) is 48.8 Å². The average Bonchev–Trinajstić information content (AvgIpc) is 3.49. The SMILES string of the molecule is CC1(Oc2ncnc3c2nc(-c2ccc(OCCCC(=O)NS(C)(=O)=O)cc2Cl)n3Cc2cccc(Cl)c2)CC1. The van der Waals surface area contributed by atoms with Gasteiger partial charge in [0.1, 0.15) is 23.5 Å². The van der Waals surface area contributed by atoms with Gasteiger partial charge in [-0.05, 0) is 62.1 Å². The van der Waals surface area contributed by atoms with Crippen molar-refractivity contribution in [3.63, 3.8) is 0 Å². The number of sulfonamides is 1. The molecule has 0 bridgehead atoms. The lowest BCUT2D eigenvalue weighted by Gasteiger charge is -2.12. The highest BCUT2D eigenvalue weighted by molar-refractivity contribution is 7.89. The first-order chi connectivity index (χ1) is 19.0. The molecule has 0 atom stereocenters. The van der Waals surface area contributed by atoms with E-state index in [0.717, 1.165) is 24.7 Å². The molecule has 210 valence electrons. The first-order valence-electron chi connectivity index (χ1n) is 12.6. The average molecular weight is 605 g/mol. The van der Waals surface area contributed by atoms with Crippen LogP contribution in [0.1, 0.15) is 38.2 Å². The molecule has 0 radical (unpaired) electrons. The van der Waals surface area contributed by atoms with E-state index >= 15 is 0 Å².